The summed E-state index contributed by atoms with van der Waals surface area (Å²) >= 11 is 5.65. The Bertz CT molecular complexity index is 626. The second-order valence-corrected chi connectivity index (χ2v) is 4.12. The van der Waals surface area contributed by atoms with Crippen molar-refractivity contribution in [2.45, 2.75) is 6.18 Å². The summed E-state index contributed by atoms with van der Waals surface area (Å²) in [5.41, 5.74) is -0.575. The summed E-state index contributed by atoms with van der Waals surface area (Å²) in [5.74, 6) is 0. The van der Waals surface area contributed by atoms with Crippen LogP contribution in [0.5, 0.6) is 0 Å². The van der Waals surface area contributed by atoms with Crippen LogP contribution in [0.3, 0.4) is 0 Å². The molecule has 0 amide bonds. The van der Waals surface area contributed by atoms with Crippen molar-refractivity contribution in [2.75, 3.05) is 0 Å². The summed E-state index contributed by atoms with van der Waals surface area (Å²) in [7, 11) is 0. The highest BCUT2D eigenvalue weighted by atomic mass is 35.5. The number of nitrogens with zero attached hydrogens (tertiary/aromatic N) is 1. The molecule has 0 fully saturated rings. The monoisotopic (exact) mass is 285 g/mol. The van der Waals surface area contributed by atoms with Crippen molar-refractivity contribution in [3.63, 3.8) is 0 Å². The molecule has 0 bridgehead atoms. The van der Waals surface area contributed by atoms with Crippen LogP contribution in [0.1, 0.15) is 15.9 Å². The topological polar surface area (TPSA) is 30.0 Å². The minimum atomic E-state index is -4.47. The molecule has 1 aromatic heterocycles. The number of benzene rings is 1. The number of aldehydes is 1. The van der Waals surface area contributed by atoms with E-state index in [1.807, 2.05) is 0 Å². The second kappa shape index (κ2) is 5.01. The van der Waals surface area contributed by atoms with Crippen molar-refractivity contribution in [3.05, 3.63) is 52.8 Å². The van der Waals surface area contributed by atoms with Gasteiger partial charge in [0, 0.05) is 11.8 Å². The largest absolute Gasteiger partial charge is 0.417 e. The Morgan fingerprint density at radius 1 is 1.21 bits per heavy atom. The van der Waals surface area contributed by atoms with E-state index in [2.05, 4.69) is 4.98 Å². The molecule has 2 aromatic rings. The van der Waals surface area contributed by atoms with Gasteiger partial charge in [0.2, 0.25) is 0 Å². The van der Waals surface area contributed by atoms with E-state index in [0.717, 1.165) is 6.07 Å². The molecule has 98 valence electrons. The van der Waals surface area contributed by atoms with Crippen LogP contribution >= 0.6 is 11.6 Å². The summed E-state index contributed by atoms with van der Waals surface area (Å²) in [6.45, 7) is 0. The van der Waals surface area contributed by atoms with E-state index in [9.17, 15) is 18.0 Å². The van der Waals surface area contributed by atoms with Crippen molar-refractivity contribution in [1.82, 2.24) is 4.98 Å². The van der Waals surface area contributed by atoms with Crippen LogP contribution in [-0.4, -0.2) is 11.3 Å². The Morgan fingerprint density at radius 3 is 2.53 bits per heavy atom. The zero-order valence-electron chi connectivity index (χ0n) is 9.41. The maximum absolute atomic E-state index is 12.9. The summed E-state index contributed by atoms with van der Waals surface area (Å²) in [4.78, 5) is 14.5. The summed E-state index contributed by atoms with van der Waals surface area (Å²) in [6, 6.07) is 6.37. The molecule has 2 rings (SSSR count). The molecule has 2 nitrogen and oxygen atoms in total. The van der Waals surface area contributed by atoms with Gasteiger partial charge in [0.15, 0.2) is 6.29 Å². The molecule has 19 heavy (non-hydrogen) atoms. The molecule has 0 atom stereocenters. The third-order valence-electron chi connectivity index (χ3n) is 2.54. The van der Waals surface area contributed by atoms with Gasteiger partial charge in [0.1, 0.15) is 5.15 Å². The first-order chi connectivity index (χ1) is 8.93. The van der Waals surface area contributed by atoms with Gasteiger partial charge >= 0.3 is 6.18 Å². The Hall–Kier alpha value is -1.88. The molecule has 1 heterocycles. The minimum Gasteiger partial charge on any atom is -0.298 e. The van der Waals surface area contributed by atoms with Gasteiger partial charge in [0.05, 0.1) is 11.1 Å². The average Bonchev–Trinajstić information content (AvgIpc) is 2.38. The third-order valence-corrected chi connectivity index (χ3v) is 2.85. The zero-order valence-corrected chi connectivity index (χ0v) is 10.2. The zero-order chi connectivity index (χ0) is 14.0. The maximum atomic E-state index is 12.9. The number of pyridine rings is 1. The van der Waals surface area contributed by atoms with E-state index in [0.29, 0.717) is 6.29 Å². The lowest BCUT2D eigenvalue weighted by Crippen LogP contribution is -2.07. The number of carbonyl (C=O) groups is 1. The van der Waals surface area contributed by atoms with Crippen LogP contribution in [-0.2, 0) is 6.18 Å². The van der Waals surface area contributed by atoms with Gasteiger partial charge in [0.25, 0.3) is 0 Å². The molecule has 0 saturated heterocycles. The van der Waals surface area contributed by atoms with Crippen LogP contribution in [0.4, 0.5) is 13.2 Å². The fourth-order valence-electron chi connectivity index (χ4n) is 1.68. The van der Waals surface area contributed by atoms with Crippen molar-refractivity contribution >= 4 is 17.9 Å². The van der Waals surface area contributed by atoms with Gasteiger partial charge in [-0.05, 0) is 17.7 Å². The average molecular weight is 286 g/mol. The Labute approximate surface area is 111 Å². The van der Waals surface area contributed by atoms with E-state index < -0.39 is 11.7 Å². The van der Waals surface area contributed by atoms with E-state index in [1.54, 1.807) is 0 Å². The SMILES string of the molecule is O=Cc1cc(-c2ccccc2C(F)(F)F)cnc1Cl. The van der Waals surface area contributed by atoms with Crippen LogP contribution in [0.2, 0.25) is 5.15 Å². The lowest BCUT2D eigenvalue weighted by Gasteiger charge is -2.12. The number of aromatic nitrogens is 1. The Morgan fingerprint density at radius 2 is 1.89 bits per heavy atom. The van der Waals surface area contributed by atoms with Crippen molar-refractivity contribution in [3.8, 4) is 11.1 Å². The molecular weight excluding hydrogens is 279 g/mol. The highest BCUT2D eigenvalue weighted by Crippen LogP contribution is 2.37. The van der Waals surface area contributed by atoms with E-state index in [-0.39, 0.29) is 21.8 Å². The second-order valence-electron chi connectivity index (χ2n) is 3.77. The van der Waals surface area contributed by atoms with Gasteiger partial charge < -0.3 is 0 Å². The molecular formula is C13H7ClF3NO. The highest BCUT2D eigenvalue weighted by molar-refractivity contribution is 6.31. The molecule has 0 aliphatic heterocycles. The van der Waals surface area contributed by atoms with E-state index in [1.165, 1.54) is 30.5 Å². The normalized spacial score (nSPS) is 11.4. The molecule has 0 saturated carbocycles. The van der Waals surface area contributed by atoms with E-state index in [4.69, 9.17) is 11.6 Å². The minimum absolute atomic E-state index is 0.0387. The van der Waals surface area contributed by atoms with Crippen molar-refractivity contribution in [2.24, 2.45) is 0 Å². The van der Waals surface area contributed by atoms with Crippen LogP contribution < -0.4 is 0 Å². The van der Waals surface area contributed by atoms with Gasteiger partial charge in [-0.3, -0.25) is 4.79 Å². The van der Waals surface area contributed by atoms with Gasteiger partial charge in [-0.1, -0.05) is 29.8 Å². The highest BCUT2D eigenvalue weighted by Gasteiger charge is 2.33. The maximum Gasteiger partial charge on any atom is 0.417 e. The molecule has 1 aromatic carbocycles. The summed E-state index contributed by atoms with van der Waals surface area (Å²) < 4.78 is 38.6. The van der Waals surface area contributed by atoms with Crippen molar-refractivity contribution in [1.29, 1.82) is 0 Å². The molecule has 6 heteroatoms. The summed E-state index contributed by atoms with van der Waals surface area (Å²) in [6.07, 6.45) is -2.81. The Kier molecular flexibility index (Phi) is 3.57. The molecule has 0 unspecified atom stereocenters. The molecule has 0 spiro atoms. The smallest absolute Gasteiger partial charge is 0.298 e. The number of carbonyl (C=O) groups excluding carboxylic acids is 1. The lowest BCUT2D eigenvalue weighted by molar-refractivity contribution is -0.137. The third kappa shape index (κ3) is 2.76. The van der Waals surface area contributed by atoms with Crippen molar-refractivity contribution < 1.29 is 18.0 Å². The quantitative estimate of drug-likeness (QED) is 0.610. The number of halogens is 4. The Balaban J connectivity index is 2.63. The van der Waals surface area contributed by atoms with Crippen LogP contribution in [0, 0.1) is 0 Å². The van der Waals surface area contributed by atoms with Crippen LogP contribution in [0.15, 0.2) is 36.5 Å². The number of hydrogen-bond donors (Lipinski definition) is 0. The predicted molar refractivity (Wildman–Crippen MR) is 65.1 cm³/mol. The first-order valence-electron chi connectivity index (χ1n) is 5.21. The summed E-state index contributed by atoms with van der Waals surface area (Å²) in [5, 5.41) is -0.0387. The number of rotatable bonds is 2. The predicted octanol–water partition coefficient (Wildman–Crippen LogP) is 4.23. The first kappa shape index (κ1) is 13.5. The van der Waals surface area contributed by atoms with Gasteiger partial charge in [-0.15, -0.1) is 0 Å². The number of alkyl halides is 3. The molecule has 0 aliphatic rings. The van der Waals surface area contributed by atoms with Gasteiger partial charge in [-0.2, -0.15) is 13.2 Å². The standard InChI is InChI=1S/C13H7ClF3NO/c14-12-9(7-19)5-8(6-18-12)10-3-1-2-4-11(10)13(15,16)17/h1-7H. The number of hydrogen-bond acceptors (Lipinski definition) is 2. The first-order valence-corrected chi connectivity index (χ1v) is 5.58. The fourth-order valence-corrected chi connectivity index (χ4v) is 1.82. The molecule has 0 radical (unpaired) electrons. The molecule has 0 aliphatic carbocycles. The fraction of sp³-hybridized carbons (Fsp3) is 0.0769. The molecule has 0 N–H and O–H groups in total. The lowest BCUT2D eigenvalue weighted by atomic mass is 10.00. The van der Waals surface area contributed by atoms with E-state index >= 15 is 0 Å². The van der Waals surface area contributed by atoms with Gasteiger partial charge in [-0.25, -0.2) is 4.98 Å². The van der Waals surface area contributed by atoms with Crippen LogP contribution in [0.25, 0.3) is 11.1 Å².